The number of carbonyl (C=O) groups excluding carboxylic acids is 1. The molecule has 0 saturated heterocycles. The lowest BCUT2D eigenvalue weighted by atomic mass is 9.86. The maximum Gasteiger partial charge on any atom is 0.216 e. The van der Waals surface area contributed by atoms with Crippen molar-refractivity contribution in [3.05, 3.63) is 0 Å². The third-order valence-corrected chi connectivity index (χ3v) is 2.48. The Kier molecular flexibility index (Phi) is 3.53. The second-order valence-corrected chi connectivity index (χ2v) is 3.55. The van der Waals surface area contributed by atoms with E-state index in [1.54, 1.807) is 0 Å². The molecule has 2 N–H and O–H groups in total. The minimum absolute atomic E-state index is 0.00669. The number of carbonyl (C=O) groups is 1. The van der Waals surface area contributed by atoms with Crippen LogP contribution in [0.2, 0.25) is 0 Å². The second kappa shape index (κ2) is 4.45. The molecule has 70 valence electrons. The molecular formula is C9H17NO2. The highest BCUT2D eigenvalue weighted by Gasteiger charge is 2.22. The van der Waals surface area contributed by atoms with Crippen molar-refractivity contribution < 1.29 is 9.90 Å². The Hall–Kier alpha value is -0.570. The van der Waals surface area contributed by atoms with Crippen LogP contribution in [-0.4, -0.2) is 23.7 Å². The average molecular weight is 171 g/mol. The average Bonchev–Trinajstić information content (AvgIpc) is 2.03. The maximum atomic E-state index is 10.6. The molecule has 0 aliphatic heterocycles. The van der Waals surface area contributed by atoms with E-state index in [0.29, 0.717) is 6.54 Å². The van der Waals surface area contributed by atoms with E-state index < -0.39 is 0 Å². The van der Waals surface area contributed by atoms with E-state index >= 15 is 0 Å². The van der Waals surface area contributed by atoms with Crippen molar-refractivity contribution in [2.24, 2.45) is 5.92 Å². The first-order chi connectivity index (χ1) is 5.70. The van der Waals surface area contributed by atoms with Crippen LogP contribution in [0.4, 0.5) is 0 Å². The van der Waals surface area contributed by atoms with Gasteiger partial charge in [0.25, 0.3) is 0 Å². The van der Waals surface area contributed by atoms with Crippen molar-refractivity contribution in [3.8, 4) is 0 Å². The molecular weight excluding hydrogens is 154 g/mol. The molecule has 1 aliphatic rings. The SMILES string of the molecule is CC(=O)NC[C@H]1CCCC[C@@H]1O. The van der Waals surface area contributed by atoms with Gasteiger partial charge >= 0.3 is 0 Å². The van der Waals surface area contributed by atoms with Crippen molar-refractivity contribution >= 4 is 5.91 Å². The molecule has 2 atom stereocenters. The van der Waals surface area contributed by atoms with E-state index in [9.17, 15) is 9.90 Å². The van der Waals surface area contributed by atoms with Crippen molar-refractivity contribution in [2.45, 2.75) is 38.7 Å². The predicted molar refractivity (Wildman–Crippen MR) is 46.6 cm³/mol. The first-order valence-corrected chi connectivity index (χ1v) is 4.62. The summed E-state index contributed by atoms with van der Waals surface area (Å²) in [5, 5.41) is 12.3. The number of aliphatic hydroxyl groups excluding tert-OH is 1. The lowest BCUT2D eigenvalue weighted by Gasteiger charge is -2.27. The van der Waals surface area contributed by atoms with Gasteiger partial charge in [0.2, 0.25) is 5.91 Å². The fraction of sp³-hybridized carbons (Fsp3) is 0.889. The highest BCUT2D eigenvalue weighted by Crippen LogP contribution is 2.23. The summed E-state index contributed by atoms with van der Waals surface area (Å²) >= 11 is 0. The summed E-state index contributed by atoms with van der Waals surface area (Å²) in [4.78, 5) is 10.6. The van der Waals surface area contributed by atoms with E-state index in [4.69, 9.17) is 0 Å². The van der Waals surface area contributed by atoms with E-state index in [-0.39, 0.29) is 17.9 Å². The van der Waals surface area contributed by atoms with Crippen LogP contribution in [0.25, 0.3) is 0 Å². The molecule has 0 radical (unpaired) electrons. The standard InChI is InChI=1S/C9H17NO2/c1-7(11)10-6-8-4-2-3-5-9(8)12/h8-9,12H,2-6H2,1H3,(H,10,11)/t8-,9+/m1/s1. The summed E-state index contributed by atoms with van der Waals surface area (Å²) in [6.45, 7) is 2.14. The molecule has 3 nitrogen and oxygen atoms in total. The molecule has 1 aliphatic carbocycles. The lowest BCUT2D eigenvalue weighted by Crippen LogP contribution is -2.35. The molecule has 0 aromatic heterocycles. The molecule has 1 saturated carbocycles. The van der Waals surface area contributed by atoms with Crippen LogP contribution in [0.1, 0.15) is 32.6 Å². The maximum absolute atomic E-state index is 10.6. The van der Waals surface area contributed by atoms with Gasteiger partial charge in [0, 0.05) is 19.4 Å². The van der Waals surface area contributed by atoms with Gasteiger partial charge in [-0.05, 0) is 12.8 Å². The third kappa shape index (κ3) is 2.81. The van der Waals surface area contributed by atoms with Gasteiger partial charge in [-0.15, -0.1) is 0 Å². The van der Waals surface area contributed by atoms with Gasteiger partial charge in [-0.1, -0.05) is 12.8 Å². The van der Waals surface area contributed by atoms with Crippen LogP contribution >= 0.6 is 0 Å². The smallest absolute Gasteiger partial charge is 0.216 e. The van der Waals surface area contributed by atoms with Crippen molar-refractivity contribution in [3.63, 3.8) is 0 Å². The largest absolute Gasteiger partial charge is 0.393 e. The van der Waals surface area contributed by atoms with Crippen LogP contribution in [0.3, 0.4) is 0 Å². The molecule has 0 spiro atoms. The highest BCUT2D eigenvalue weighted by atomic mass is 16.3. The lowest BCUT2D eigenvalue weighted by molar-refractivity contribution is -0.119. The van der Waals surface area contributed by atoms with Crippen LogP contribution in [0, 0.1) is 5.92 Å². The molecule has 3 heteroatoms. The number of hydrogen-bond acceptors (Lipinski definition) is 2. The summed E-state index contributed by atoms with van der Waals surface area (Å²) in [6, 6.07) is 0. The summed E-state index contributed by atoms with van der Waals surface area (Å²) in [5.41, 5.74) is 0. The van der Waals surface area contributed by atoms with Crippen LogP contribution in [-0.2, 0) is 4.79 Å². The Morgan fingerprint density at radius 3 is 2.75 bits per heavy atom. The Morgan fingerprint density at radius 2 is 2.17 bits per heavy atom. The Labute approximate surface area is 73.2 Å². The van der Waals surface area contributed by atoms with Gasteiger partial charge in [-0.25, -0.2) is 0 Å². The summed E-state index contributed by atoms with van der Waals surface area (Å²) in [6.07, 6.45) is 4.04. The van der Waals surface area contributed by atoms with Crippen molar-refractivity contribution in [1.82, 2.24) is 5.32 Å². The van der Waals surface area contributed by atoms with Gasteiger partial charge in [0.15, 0.2) is 0 Å². The monoisotopic (exact) mass is 171 g/mol. The quantitative estimate of drug-likeness (QED) is 0.641. The summed E-state index contributed by atoms with van der Waals surface area (Å²) < 4.78 is 0. The molecule has 0 aromatic rings. The van der Waals surface area contributed by atoms with E-state index in [0.717, 1.165) is 19.3 Å². The number of amides is 1. The molecule has 0 aromatic carbocycles. The Bertz CT molecular complexity index is 159. The fourth-order valence-electron chi connectivity index (χ4n) is 1.70. The number of nitrogens with one attached hydrogen (secondary N) is 1. The van der Waals surface area contributed by atoms with Gasteiger partial charge in [-0.2, -0.15) is 0 Å². The van der Waals surface area contributed by atoms with Crippen LogP contribution < -0.4 is 5.32 Å². The number of hydrogen-bond donors (Lipinski definition) is 2. The van der Waals surface area contributed by atoms with Gasteiger partial charge < -0.3 is 10.4 Å². The van der Waals surface area contributed by atoms with E-state index in [2.05, 4.69) is 5.32 Å². The van der Waals surface area contributed by atoms with Crippen molar-refractivity contribution in [2.75, 3.05) is 6.54 Å². The minimum atomic E-state index is -0.203. The third-order valence-electron chi connectivity index (χ3n) is 2.48. The van der Waals surface area contributed by atoms with Crippen LogP contribution in [0.15, 0.2) is 0 Å². The Morgan fingerprint density at radius 1 is 1.50 bits per heavy atom. The normalized spacial score (nSPS) is 29.8. The molecule has 1 rings (SSSR count). The molecule has 0 heterocycles. The molecule has 0 bridgehead atoms. The van der Waals surface area contributed by atoms with Gasteiger partial charge in [0.1, 0.15) is 0 Å². The zero-order chi connectivity index (χ0) is 8.97. The molecule has 12 heavy (non-hydrogen) atoms. The predicted octanol–water partition coefficient (Wildman–Crippen LogP) is 0.674. The van der Waals surface area contributed by atoms with Crippen LogP contribution in [0.5, 0.6) is 0 Å². The summed E-state index contributed by atoms with van der Waals surface area (Å²) in [5.74, 6) is 0.274. The van der Waals surface area contributed by atoms with Gasteiger partial charge in [-0.3, -0.25) is 4.79 Å². The van der Waals surface area contributed by atoms with Gasteiger partial charge in [0.05, 0.1) is 6.10 Å². The second-order valence-electron chi connectivity index (χ2n) is 3.55. The number of aliphatic hydroxyl groups is 1. The molecule has 1 fully saturated rings. The minimum Gasteiger partial charge on any atom is -0.393 e. The molecule has 1 amide bonds. The number of rotatable bonds is 2. The van der Waals surface area contributed by atoms with Crippen molar-refractivity contribution in [1.29, 1.82) is 0 Å². The zero-order valence-corrected chi connectivity index (χ0v) is 7.55. The highest BCUT2D eigenvalue weighted by molar-refractivity contribution is 5.72. The summed E-state index contributed by atoms with van der Waals surface area (Å²) in [7, 11) is 0. The van der Waals surface area contributed by atoms with E-state index in [1.807, 2.05) is 0 Å². The first-order valence-electron chi connectivity index (χ1n) is 4.62. The first kappa shape index (κ1) is 9.52. The molecule has 0 unspecified atom stereocenters. The Balaban J connectivity index is 2.24. The topological polar surface area (TPSA) is 49.3 Å². The van der Waals surface area contributed by atoms with E-state index in [1.165, 1.54) is 13.3 Å². The zero-order valence-electron chi connectivity index (χ0n) is 7.55. The fourth-order valence-corrected chi connectivity index (χ4v) is 1.70.